The van der Waals surface area contributed by atoms with Crippen LogP contribution in [0.3, 0.4) is 0 Å². The highest BCUT2D eigenvalue weighted by Gasteiger charge is 2.18. The van der Waals surface area contributed by atoms with Gasteiger partial charge >= 0.3 is 0 Å². The molecule has 0 fully saturated rings. The Hall–Kier alpha value is -2.86. The van der Waals surface area contributed by atoms with Gasteiger partial charge in [0.25, 0.3) is 5.91 Å². The van der Waals surface area contributed by atoms with Gasteiger partial charge in [0, 0.05) is 12.1 Å². The van der Waals surface area contributed by atoms with E-state index < -0.39 is 0 Å². The van der Waals surface area contributed by atoms with Crippen LogP contribution < -0.4 is 4.74 Å². The van der Waals surface area contributed by atoms with E-state index in [-0.39, 0.29) is 19.1 Å². The molecule has 140 valence electrons. The number of benzene rings is 2. The lowest BCUT2D eigenvalue weighted by Crippen LogP contribution is -2.34. The number of amides is 1. The third-order valence-electron chi connectivity index (χ3n) is 3.99. The van der Waals surface area contributed by atoms with E-state index in [2.05, 4.69) is 10.1 Å². The Morgan fingerprint density at radius 2 is 2.04 bits per heavy atom. The number of hydrogen-bond acceptors (Lipinski definition) is 5. The van der Waals surface area contributed by atoms with E-state index in [1.807, 2.05) is 38.1 Å². The highest BCUT2D eigenvalue weighted by Crippen LogP contribution is 2.23. The molecule has 7 heteroatoms. The maximum Gasteiger partial charge on any atom is 0.260 e. The van der Waals surface area contributed by atoms with E-state index in [1.54, 1.807) is 29.2 Å². The molecule has 0 aliphatic heterocycles. The number of ether oxygens (including phenoxy) is 1. The number of carbonyl (C=O) groups is 1. The molecule has 0 atom stereocenters. The number of halogens is 1. The Morgan fingerprint density at radius 1 is 1.22 bits per heavy atom. The summed E-state index contributed by atoms with van der Waals surface area (Å²) in [6.45, 7) is 4.48. The third kappa shape index (κ3) is 4.86. The first-order valence-electron chi connectivity index (χ1n) is 8.61. The number of nitrogens with zero attached hydrogens (tertiary/aromatic N) is 3. The van der Waals surface area contributed by atoms with Crippen molar-refractivity contribution in [1.29, 1.82) is 0 Å². The molecule has 2 aromatic carbocycles. The first-order valence-corrected chi connectivity index (χ1v) is 8.99. The van der Waals surface area contributed by atoms with Crippen molar-refractivity contribution >= 4 is 17.5 Å². The Kier molecular flexibility index (Phi) is 6.08. The normalized spacial score (nSPS) is 10.6. The van der Waals surface area contributed by atoms with Crippen molar-refractivity contribution in [2.24, 2.45) is 0 Å². The Labute approximate surface area is 162 Å². The standard InChI is InChI=1S/C20H20ClN3O3/c1-3-24(19(25)13-26-17-10-5-4-9-16(17)21)12-18-22-20(23-27-18)15-8-6-7-14(2)11-15/h4-11H,3,12-13H2,1-2H3. The van der Waals surface area contributed by atoms with Gasteiger partial charge in [0.05, 0.1) is 5.02 Å². The lowest BCUT2D eigenvalue weighted by Gasteiger charge is -2.19. The smallest absolute Gasteiger partial charge is 0.260 e. The average Bonchev–Trinajstić information content (AvgIpc) is 3.14. The molecule has 3 aromatic rings. The molecular formula is C20H20ClN3O3. The minimum atomic E-state index is -0.187. The van der Waals surface area contributed by atoms with E-state index in [4.69, 9.17) is 20.9 Å². The van der Waals surface area contributed by atoms with Crippen LogP contribution in [0.25, 0.3) is 11.4 Å². The van der Waals surface area contributed by atoms with Crippen LogP contribution >= 0.6 is 11.6 Å². The molecular weight excluding hydrogens is 366 g/mol. The van der Waals surface area contributed by atoms with Crippen LogP contribution in [0.5, 0.6) is 5.75 Å². The Morgan fingerprint density at radius 3 is 2.78 bits per heavy atom. The van der Waals surface area contributed by atoms with Gasteiger partial charge in [-0.15, -0.1) is 0 Å². The summed E-state index contributed by atoms with van der Waals surface area (Å²) < 4.78 is 10.8. The van der Waals surface area contributed by atoms with Gasteiger partial charge < -0.3 is 14.2 Å². The van der Waals surface area contributed by atoms with Crippen molar-refractivity contribution in [3.05, 3.63) is 65.0 Å². The number of hydrogen-bond donors (Lipinski definition) is 0. The summed E-state index contributed by atoms with van der Waals surface area (Å²) in [6, 6.07) is 14.9. The first kappa shape index (κ1) is 18.9. The molecule has 6 nitrogen and oxygen atoms in total. The molecule has 0 unspecified atom stereocenters. The van der Waals surface area contributed by atoms with Gasteiger partial charge in [0.1, 0.15) is 12.3 Å². The van der Waals surface area contributed by atoms with Gasteiger partial charge in [-0.05, 0) is 32.0 Å². The predicted molar refractivity (Wildman–Crippen MR) is 103 cm³/mol. The van der Waals surface area contributed by atoms with Crippen molar-refractivity contribution in [1.82, 2.24) is 15.0 Å². The number of aromatic nitrogens is 2. The van der Waals surface area contributed by atoms with Crippen molar-refractivity contribution in [2.75, 3.05) is 13.2 Å². The number of carbonyl (C=O) groups excluding carboxylic acids is 1. The topological polar surface area (TPSA) is 68.5 Å². The van der Waals surface area contributed by atoms with Gasteiger partial charge in [-0.25, -0.2) is 0 Å². The second kappa shape index (κ2) is 8.68. The summed E-state index contributed by atoms with van der Waals surface area (Å²) in [5.74, 6) is 1.17. The fourth-order valence-corrected chi connectivity index (χ4v) is 2.74. The van der Waals surface area contributed by atoms with E-state index in [0.29, 0.717) is 29.0 Å². The lowest BCUT2D eigenvalue weighted by atomic mass is 10.1. The molecule has 0 aliphatic rings. The molecule has 27 heavy (non-hydrogen) atoms. The summed E-state index contributed by atoms with van der Waals surface area (Å²) >= 11 is 6.04. The molecule has 1 aromatic heterocycles. The zero-order valence-electron chi connectivity index (χ0n) is 15.2. The third-order valence-corrected chi connectivity index (χ3v) is 4.30. The van der Waals surface area contributed by atoms with Gasteiger partial charge in [0.15, 0.2) is 6.61 Å². The number of likely N-dealkylation sites (N-methyl/N-ethyl adjacent to an activating group) is 1. The summed E-state index contributed by atoms with van der Waals surface area (Å²) in [5.41, 5.74) is 1.99. The van der Waals surface area contributed by atoms with Crippen molar-refractivity contribution in [3.8, 4) is 17.1 Å². The Balaban J connectivity index is 1.63. The molecule has 0 saturated heterocycles. The van der Waals surface area contributed by atoms with Gasteiger partial charge in [0.2, 0.25) is 11.7 Å². The summed E-state index contributed by atoms with van der Waals surface area (Å²) in [4.78, 5) is 18.4. The Bertz CT molecular complexity index is 926. The van der Waals surface area contributed by atoms with Gasteiger partial charge in [-0.2, -0.15) is 4.98 Å². The van der Waals surface area contributed by atoms with E-state index in [9.17, 15) is 4.79 Å². The first-order chi connectivity index (χ1) is 13.1. The molecule has 0 bridgehead atoms. The minimum Gasteiger partial charge on any atom is -0.482 e. The molecule has 1 heterocycles. The summed E-state index contributed by atoms with van der Waals surface area (Å²) in [7, 11) is 0. The van der Waals surface area contributed by atoms with Crippen LogP contribution in [0.15, 0.2) is 53.1 Å². The van der Waals surface area contributed by atoms with E-state index in [0.717, 1.165) is 11.1 Å². The zero-order valence-corrected chi connectivity index (χ0v) is 15.9. The zero-order chi connectivity index (χ0) is 19.2. The molecule has 3 rings (SSSR count). The van der Waals surface area contributed by atoms with Crippen LogP contribution in [0.2, 0.25) is 5.02 Å². The van der Waals surface area contributed by atoms with Crippen LogP contribution in [0.1, 0.15) is 18.4 Å². The van der Waals surface area contributed by atoms with Crippen LogP contribution in [0.4, 0.5) is 0 Å². The number of para-hydroxylation sites is 1. The quantitative estimate of drug-likeness (QED) is 0.611. The molecule has 0 radical (unpaired) electrons. The minimum absolute atomic E-state index is 0.115. The monoisotopic (exact) mass is 385 g/mol. The average molecular weight is 386 g/mol. The second-order valence-corrected chi connectivity index (χ2v) is 6.42. The maximum atomic E-state index is 12.5. The van der Waals surface area contributed by atoms with Crippen molar-refractivity contribution in [2.45, 2.75) is 20.4 Å². The van der Waals surface area contributed by atoms with Crippen LogP contribution in [-0.2, 0) is 11.3 Å². The number of rotatable bonds is 7. The lowest BCUT2D eigenvalue weighted by molar-refractivity contribution is -0.134. The van der Waals surface area contributed by atoms with Gasteiger partial charge in [-0.1, -0.05) is 52.7 Å². The molecule has 0 saturated carbocycles. The number of aryl methyl sites for hydroxylation is 1. The SMILES string of the molecule is CCN(Cc1nc(-c2cccc(C)c2)no1)C(=O)COc1ccccc1Cl. The van der Waals surface area contributed by atoms with Crippen molar-refractivity contribution < 1.29 is 14.1 Å². The fraction of sp³-hybridized carbons (Fsp3) is 0.250. The second-order valence-electron chi connectivity index (χ2n) is 6.01. The van der Waals surface area contributed by atoms with Crippen molar-refractivity contribution in [3.63, 3.8) is 0 Å². The molecule has 1 amide bonds. The largest absolute Gasteiger partial charge is 0.482 e. The maximum absolute atomic E-state index is 12.5. The molecule has 0 aliphatic carbocycles. The molecule has 0 N–H and O–H groups in total. The van der Waals surface area contributed by atoms with Gasteiger partial charge in [-0.3, -0.25) is 4.79 Å². The fourth-order valence-electron chi connectivity index (χ4n) is 2.55. The summed E-state index contributed by atoms with van der Waals surface area (Å²) in [5, 5.41) is 4.47. The van der Waals surface area contributed by atoms with E-state index in [1.165, 1.54) is 0 Å². The highest BCUT2D eigenvalue weighted by atomic mass is 35.5. The summed E-state index contributed by atoms with van der Waals surface area (Å²) in [6.07, 6.45) is 0. The predicted octanol–water partition coefficient (Wildman–Crippen LogP) is 4.13. The molecule has 0 spiro atoms. The van der Waals surface area contributed by atoms with Crippen LogP contribution in [-0.4, -0.2) is 34.1 Å². The van der Waals surface area contributed by atoms with Crippen LogP contribution in [0, 0.1) is 6.92 Å². The van der Waals surface area contributed by atoms with E-state index >= 15 is 0 Å². The highest BCUT2D eigenvalue weighted by molar-refractivity contribution is 6.32.